The summed E-state index contributed by atoms with van der Waals surface area (Å²) >= 11 is 6.42. The highest BCUT2D eigenvalue weighted by atomic mass is 35.5. The summed E-state index contributed by atoms with van der Waals surface area (Å²) in [5.41, 5.74) is 3.13. The molecule has 1 unspecified atom stereocenters. The van der Waals surface area contributed by atoms with Gasteiger partial charge in [0.1, 0.15) is 0 Å². The van der Waals surface area contributed by atoms with Crippen LogP contribution in [0.1, 0.15) is 54.9 Å². The quantitative estimate of drug-likeness (QED) is 0.638. The molecule has 0 bridgehead atoms. The third kappa shape index (κ3) is 5.31. The molecule has 2 N–H and O–H groups in total. The summed E-state index contributed by atoms with van der Waals surface area (Å²) in [5, 5.41) is 13.3. The lowest BCUT2D eigenvalue weighted by Gasteiger charge is -2.54. The van der Waals surface area contributed by atoms with Crippen LogP contribution in [0.25, 0.3) is 0 Å². The highest BCUT2D eigenvalue weighted by Gasteiger charge is 2.48. The van der Waals surface area contributed by atoms with E-state index in [0.717, 1.165) is 16.8 Å². The molecule has 3 rings (SSSR count). The van der Waals surface area contributed by atoms with Crippen LogP contribution in [0.2, 0.25) is 5.02 Å². The van der Waals surface area contributed by atoms with Gasteiger partial charge in [-0.2, -0.15) is 0 Å². The van der Waals surface area contributed by atoms with Gasteiger partial charge in [-0.1, -0.05) is 32.4 Å². The topological polar surface area (TPSA) is 85.8 Å². The van der Waals surface area contributed by atoms with E-state index in [1.807, 2.05) is 26.8 Å². The lowest BCUT2D eigenvalue weighted by atomic mass is 9.72. The van der Waals surface area contributed by atoms with Gasteiger partial charge in [0.25, 0.3) is 5.91 Å². The average Bonchev–Trinajstić information content (AvgIpc) is 2.71. The van der Waals surface area contributed by atoms with Crippen LogP contribution in [-0.2, 0) is 6.54 Å². The number of amides is 2. The molecular weight excluding hydrogens is 440 g/mol. The van der Waals surface area contributed by atoms with Gasteiger partial charge in [0.05, 0.1) is 11.1 Å². The third-order valence-electron chi connectivity index (χ3n) is 6.91. The molecule has 1 fully saturated rings. The van der Waals surface area contributed by atoms with Gasteiger partial charge in [0.15, 0.2) is 0 Å². The summed E-state index contributed by atoms with van der Waals surface area (Å²) in [4.78, 5) is 32.6. The molecule has 178 valence electrons. The Morgan fingerprint density at radius 1 is 1.21 bits per heavy atom. The number of rotatable bonds is 4. The standard InChI is InChI=1S/C25H33ClN4O3/c1-16-7-8-18(13-27-16)22(31)28-21-12-20(26)11-19(17(21)2)14-29-9-10-30(23(32)33)25(6,15-29)24(3,4)5/h7-8,11-13H,9-10,14-15H2,1-6H3,(H,28,31)(H,32,33). The van der Waals surface area contributed by atoms with Crippen molar-refractivity contribution in [2.45, 2.75) is 53.6 Å². The Balaban J connectivity index is 1.83. The number of hydrogen-bond donors (Lipinski definition) is 2. The number of benzene rings is 1. The van der Waals surface area contributed by atoms with E-state index >= 15 is 0 Å². The summed E-state index contributed by atoms with van der Waals surface area (Å²) in [6, 6.07) is 7.21. The highest BCUT2D eigenvalue weighted by molar-refractivity contribution is 6.31. The number of aryl methyl sites for hydroxylation is 1. The molecule has 1 aliphatic heterocycles. The first-order valence-electron chi connectivity index (χ1n) is 11.1. The van der Waals surface area contributed by atoms with Crippen molar-refractivity contribution in [2.24, 2.45) is 5.41 Å². The largest absolute Gasteiger partial charge is 0.465 e. The number of carbonyl (C=O) groups is 2. The van der Waals surface area contributed by atoms with Gasteiger partial charge in [-0.25, -0.2) is 4.79 Å². The Hall–Kier alpha value is -2.64. The molecule has 2 aromatic rings. The van der Waals surface area contributed by atoms with Crippen LogP contribution >= 0.6 is 11.6 Å². The second-order valence-corrected chi connectivity index (χ2v) is 10.5. The smallest absolute Gasteiger partial charge is 0.407 e. The zero-order chi connectivity index (χ0) is 24.6. The first-order chi connectivity index (χ1) is 15.3. The number of nitrogens with zero attached hydrogens (tertiary/aromatic N) is 3. The number of halogens is 1. The molecule has 0 radical (unpaired) electrons. The molecule has 0 saturated carbocycles. The van der Waals surface area contributed by atoms with Gasteiger partial charge in [-0.05, 0) is 61.6 Å². The van der Waals surface area contributed by atoms with Crippen molar-refractivity contribution in [1.82, 2.24) is 14.8 Å². The maximum atomic E-state index is 12.7. The number of aromatic nitrogens is 1. The van der Waals surface area contributed by atoms with E-state index in [1.165, 1.54) is 0 Å². The Labute approximate surface area is 200 Å². The molecule has 0 aliphatic carbocycles. The monoisotopic (exact) mass is 472 g/mol. The van der Waals surface area contributed by atoms with E-state index in [2.05, 4.69) is 36.0 Å². The number of carbonyl (C=O) groups excluding carboxylic acids is 1. The van der Waals surface area contributed by atoms with Crippen molar-refractivity contribution in [3.8, 4) is 0 Å². The molecule has 8 heteroatoms. The van der Waals surface area contributed by atoms with Crippen molar-refractivity contribution in [2.75, 3.05) is 25.0 Å². The Bertz CT molecular complexity index is 1050. The van der Waals surface area contributed by atoms with E-state index < -0.39 is 11.6 Å². The number of hydrogen-bond acceptors (Lipinski definition) is 4. The minimum atomic E-state index is -0.887. The number of carboxylic acid groups (broad SMARTS) is 1. The third-order valence-corrected chi connectivity index (χ3v) is 7.13. The predicted molar refractivity (Wildman–Crippen MR) is 131 cm³/mol. The van der Waals surface area contributed by atoms with Crippen molar-refractivity contribution >= 4 is 29.3 Å². The normalized spacial score (nSPS) is 19.4. The van der Waals surface area contributed by atoms with Crippen molar-refractivity contribution < 1.29 is 14.7 Å². The van der Waals surface area contributed by atoms with Crippen molar-refractivity contribution in [3.05, 3.63) is 57.9 Å². The second kappa shape index (κ2) is 9.31. The van der Waals surface area contributed by atoms with Crippen LogP contribution in [0.15, 0.2) is 30.5 Å². The van der Waals surface area contributed by atoms with Gasteiger partial charge < -0.3 is 10.4 Å². The highest BCUT2D eigenvalue weighted by Crippen LogP contribution is 2.39. The van der Waals surface area contributed by atoms with Crippen LogP contribution in [0.5, 0.6) is 0 Å². The van der Waals surface area contributed by atoms with E-state index in [1.54, 1.807) is 29.3 Å². The second-order valence-electron chi connectivity index (χ2n) is 10.0. The minimum Gasteiger partial charge on any atom is -0.465 e. The van der Waals surface area contributed by atoms with Gasteiger partial charge in [-0.15, -0.1) is 0 Å². The fourth-order valence-electron chi connectivity index (χ4n) is 4.24. The minimum absolute atomic E-state index is 0.241. The number of anilines is 1. The molecule has 2 amide bonds. The Morgan fingerprint density at radius 3 is 2.48 bits per heavy atom. The molecule has 0 spiro atoms. The summed E-state index contributed by atoms with van der Waals surface area (Å²) in [5.74, 6) is -0.241. The van der Waals surface area contributed by atoms with Gasteiger partial charge in [0.2, 0.25) is 0 Å². The molecule has 7 nitrogen and oxygen atoms in total. The van der Waals surface area contributed by atoms with E-state index in [9.17, 15) is 14.7 Å². The molecule has 33 heavy (non-hydrogen) atoms. The maximum absolute atomic E-state index is 12.7. The molecule has 1 aromatic heterocycles. The summed E-state index contributed by atoms with van der Waals surface area (Å²) < 4.78 is 0. The fourth-order valence-corrected chi connectivity index (χ4v) is 4.48. The van der Waals surface area contributed by atoms with Gasteiger partial charge in [-0.3, -0.25) is 19.6 Å². The van der Waals surface area contributed by atoms with Gasteiger partial charge >= 0.3 is 6.09 Å². The van der Waals surface area contributed by atoms with Crippen LogP contribution in [0.4, 0.5) is 10.5 Å². The van der Waals surface area contributed by atoms with Crippen LogP contribution in [-0.4, -0.2) is 57.1 Å². The van der Waals surface area contributed by atoms with E-state index in [4.69, 9.17) is 11.6 Å². The molecule has 1 aromatic carbocycles. The van der Waals surface area contributed by atoms with Crippen molar-refractivity contribution in [1.29, 1.82) is 0 Å². The SMILES string of the molecule is Cc1ccc(C(=O)Nc2cc(Cl)cc(CN3CCN(C(=O)O)C(C)(C(C)(C)C)C3)c2C)cn1. The van der Waals surface area contributed by atoms with E-state index in [0.29, 0.717) is 42.5 Å². The molecular formula is C25H33ClN4O3. The number of piperazine rings is 1. The van der Waals surface area contributed by atoms with Crippen LogP contribution in [0.3, 0.4) is 0 Å². The summed E-state index contributed by atoms with van der Waals surface area (Å²) in [6.45, 7) is 14.3. The molecule has 2 heterocycles. The lowest BCUT2D eigenvalue weighted by molar-refractivity contribution is -0.0462. The van der Waals surface area contributed by atoms with Crippen molar-refractivity contribution in [3.63, 3.8) is 0 Å². The molecule has 1 aliphatic rings. The first kappa shape index (κ1) is 25.0. The predicted octanol–water partition coefficient (Wildman–Crippen LogP) is 5.20. The van der Waals surface area contributed by atoms with E-state index in [-0.39, 0.29) is 11.3 Å². The van der Waals surface area contributed by atoms with Crippen LogP contribution in [0, 0.1) is 19.3 Å². The fraction of sp³-hybridized carbons (Fsp3) is 0.480. The number of nitrogens with one attached hydrogen (secondary N) is 1. The van der Waals surface area contributed by atoms with Gasteiger partial charge in [0, 0.05) is 48.8 Å². The summed E-state index contributed by atoms with van der Waals surface area (Å²) in [6.07, 6.45) is 0.669. The van der Waals surface area contributed by atoms with Crippen LogP contribution < -0.4 is 5.32 Å². The Kier molecular flexibility index (Phi) is 7.05. The maximum Gasteiger partial charge on any atom is 0.407 e. The zero-order valence-corrected chi connectivity index (χ0v) is 21.0. The number of pyridine rings is 1. The zero-order valence-electron chi connectivity index (χ0n) is 20.2. The lowest BCUT2D eigenvalue weighted by Crippen LogP contribution is -2.67. The summed E-state index contributed by atoms with van der Waals surface area (Å²) in [7, 11) is 0. The molecule has 1 atom stereocenters. The molecule has 1 saturated heterocycles. The first-order valence-corrected chi connectivity index (χ1v) is 11.5. The average molecular weight is 473 g/mol. The Morgan fingerprint density at radius 2 is 1.91 bits per heavy atom.